The largest absolute Gasteiger partial charge is 0.280 e. The van der Waals surface area contributed by atoms with Gasteiger partial charge in [-0.25, -0.2) is 13.8 Å². The average molecular weight is 429 g/mol. The lowest BCUT2D eigenvalue weighted by molar-refractivity contribution is 0.145. The van der Waals surface area contributed by atoms with Gasteiger partial charge in [0.05, 0.1) is 5.88 Å². The van der Waals surface area contributed by atoms with E-state index in [1.165, 1.54) is 6.07 Å². The van der Waals surface area contributed by atoms with Crippen LogP contribution in [0.3, 0.4) is 0 Å². The zero-order chi connectivity index (χ0) is 10.0. The van der Waals surface area contributed by atoms with Crippen LogP contribution in [-0.4, -0.2) is 4.98 Å². The van der Waals surface area contributed by atoms with Crippen LogP contribution in [0.5, 0.6) is 0 Å². The van der Waals surface area contributed by atoms with Gasteiger partial charge in [-0.2, -0.15) is 0 Å². The molecule has 0 bridgehead atoms. The molecule has 0 radical (unpaired) electrons. The van der Waals surface area contributed by atoms with E-state index in [1.54, 1.807) is 0 Å². The molecular formula is C7H4ClF2I2N. The minimum Gasteiger partial charge on any atom is -0.240 e. The minimum absolute atomic E-state index is 0.192. The second-order valence-corrected chi connectivity index (χ2v) is 4.68. The van der Waals surface area contributed by atoms with Gasteiger partial charge in [0.15, 0.2) is 0 Å². The summed E-state index contributed by atoms with van der Waals surface area (Å²) in [5.41, 5.74) is 0.620. The molecule has 0 N–H and O–H groups in total. The molecule has 0 unspecified atom stereocenters. The molecule has 0 fully saturated rings. The summed E-state index contributed by atoms with van der Waals surface area (Å²) in [7, 11) is 0. The Labute approximate surface area is 107 Å². The van der Waals surface area contributed by atoms with Crippen LogP contribution in [0.2, 0.25) is 0 Å². The normalized spacial score (nSPS) is 10.9. The first-order chi connectivity index (χ1) is 6.06. The van der Waals surface area contributed by atoms with Crippen molar-refractivity contribution in [2.75, 3.05) is 0 Å². The third kappa shape index (κ3) is 2.85. The Morgan fingerprint density at radius 1 is 1.46 bits per heavy atom. The van der Waals surface area contributed by atoms with Gasteiger partial charge in [-0.1, -0.05) is 0 Å². The summed E-state index contributed by atoms with van der Waals surface area (Å²) < 4.78 is 25.8. The Morgan fingerprint density at radius 2 is 2.08 bits per heavy atom. The SMILES string of the molecule is FC(F)c1cc(I)c(CCl)c(I)n1. The first kappa shape index (κ1) is 11.8. The maximum Gasteiger partial charge on any atom is 0.280 e. The highest BCUT2D eigenvalue weighted by Gasteiger charge is 2.14. The van der Waals surface area contributed by atoms with Crippen LogP contribution in [-0.2, 0) is 5.88 Å². The third-order valence-electron chi connectivity index (χ3n) is 1.40. The van der Waals surface area contributed by atoms with Crippen molar-refractivity contribution in [3.63, 3.8) is 0 Å². The molecule has 0 atom stereocenters. The van der Waals surface area contributed by atoms with Crippen LogP contribution < -0.4 is 0 Å². The van der Waals surface area contributed by atoms with E-state index in [1.807, 2.05) is 45.2 Å². The Kier molecular flexibility index (Phi) is 4.56. The second kappa shape index (κ2) is 5.01. The molecule has 1 nitrogen and oxygen atoms in total. The predicted molar refractivity (Wildman–Crippen MR) is 64.2 cm³/mol. The molecule has 0 aromatic carbocycles. The molecule has 1 heterocycles. The molecule has 13 heavy (non-hydrogen) atoms. The number of hydrogen-bond acceptors (Lipinski definition) is 1. The highest BCUT2D eigenvalue weighted by molar-refractivity contribution is 14.1. The van der Waals surface area contributed by atoms with Crippen LogP contribution in [0.25, 0.3) is 0 Å². The zero-order valence-electron chi connectivity index (χ0n) is 6.20. The van der Waals surface area contributed by atoms with Gasteiger partial charge in [-0.05, 0) is 51.2 Å². The van der Waals surface area contributed by atoms with E-state index in [4.69, 9.17) is 11.6 Å². The van der Waals surface area contributed by atoms with Gasteiger partial charge in [0.1, 0.15) is 9.39 Å². The van der Waals surface area contributed by atoms with E-state index in [2.05, 4.69) is 4.98 Å². The molecule has 1 rings (SSSR count). The molecule has 0 aliphatic carbocycles. The fourth-order valence-corrected chi connectivity index (χ4v) is 3.52. The fraction of sp³-hybridized carbons (Fsp3) is 0.286. The molecule has 0 saturated carbocycles. The summed E-state index contributed by atoms with van der Waals surface area (Å²) >= 11 is 9.53. The molecule has 1 aromatic heterocycles. The number of pyridine rings is 1. The highest BCUT2D eigenvalue weighted by atomic mass is 127. The molecule has 0 saturated heterocycles. The van der Waals surface area contributed by atoms with Crippen molar-refractivity contribution in [1.29, 1.82) is 0 Å². The molecule has 6 heteroatoms. The third-order valence-corrected chi connectivity index (χ3v) is 3.52. The molecule has 0 spiro atoms. The zero-order valence-corrected chi connectivity index (χ0v) is 11.3. The van der Waals surface area contributed by atoms with Crippen LogP contribution >= 0.6 is 56.8 Å². The lowest BCUT2D eigenvalue weighted by atomic mass is 10.3. The quantitative estimate of drug-likeness (QED) is 0.394. The van der Waals surface area contributed by atoms with Crippen molar-refractivity contribution in [3.05, 3.63) is 24.6 Å². The highest BCUT2D eigenvalue weighted by Crippen LogP contribution is 2.25. The Morgan fingerprint density at radius 3 is 2.46 bits per heavy atom. The Hall–Kier alpha value is 0.760. The number of nitrogens with zero attached hydrogens (tertiary/aromatic N) is 1. The maximum absolute atomic E-state index is 12.3. The molecule has 0 aliphatic rings. The molecular weight excluding hydrogens is 425 g/mol. The van der Waals surface area contributed by atoms with Crippen molar-refractivity contribution in [3.8, 4) is 0 Å². The van der Waals surface area contributed by atoms with Crippen molar-refractivity contribution < 1.29 is 8.78 Å². The summed E-state index contributed by atoms with van der Waals surface area (Å²) in [6.07, 6.45) is -2.52. The fourth-order valence-electron chi connectivity index (χ4n) is 0.759. The maximum atomic E-state index is 12.3. The summed E-state index contributed by atoms with van der Waals surface area (Å²) in [6, 6.07) is 1.37. The lowest BCUT2D eigenvalue weighted by Crippen LogP contribution is -1.99. The molecule has 1 aromatic rings. The van der Waals surface area contributed by atoms with E-state index in [9.17, 15) is 8.78 Å². The van der Waals surface area contributed by atoms with E-state index in [-0.39, 0.29) is 5.69 Å². The number of alkyl halides is 3. The minimum atomic E-state index is -2.52. The monoisotopic (exact) mass is 429 g/mol. The molecule has 72 valence electrons. The Balaban J connectivity index is 3.20. The van der Waals surface area contributed by atoms with Gasteiger partial charge in [-0.15, -0.1) is 11.6 Å². The summed E-state index contributed by atoms with van der Waals surface area (Å²) in [4.78, 5) is 3.75. The summed E-state index contributed by atoms with van der Waals surface area (Å²) in [5, 5.41) is 0. The van der Waals surface area contributed by atoms with Crippen LogP contribution in [0.4, 0.5) is 8.78 Å². The lowest BCUT2D eigenvalue weighted by Gasteiger charge is -2.06. The van der Waals surface area contributed by atoms with Crippen LogP contribution in [0, 0.1) is 7.27 Å². The summed E-state index contributed by atoms with van der Waals surface area (Å²) in [6.45, 7) is 0. The van der Waals surface area contributed by atoms with Gasteiger partial charge in [0.2, 0.25) is 0 Å². The molecule has 0 amide bonds. The van der Waals surface area contributed by atoms with Crippen molar-refractivity contribution >= 4 is 56.8 Å². The first-order valence-electron chi connectivity index (χ1n) is 3.25. The van der Waals surface area contributed by atoms with E-state index >= 15 is 0 Å². The van der Waals surface area contributed by atoms with Gasteiger partial charge >= 0.3 is 0 Å². The predicted octanol–water partition coefficient (Wildman–Crippen LogP) is 3.97. The second-order valence-electron chi connectivity index (χ2n) is 2.23. The Bertz CT molecular complexity index is 296. The number of hydrogen-bond donors (Lipinski definition) is 0. The topological polar surface area (TPSA) is 12.9 Å². The first-order valence-corrected chi connectivity index (χ1v) is 5.94. The van der Waals surface area contributed by atoms with Gasteiger partial charge in [0, 0.05) is 9.13 Å². The van der Waals surface area contributed by atoms with Crippen molar-refractivity contribution in [2.24, 2.45) is 0 Å². The van der Waals surface area contributed by atoms with Gasteiger partial charge in [-0.3, -0.25) is 0 Å². The summed E-state index contributed by atoms with van der Waals surface area (Å²) in [5.74, 6) is 0.299. The van der Waals surface area contributed by atoms with Gasteiger partial charge < -0.3 is 0 Å². The number of rotatable bonds is 2. The van der Waals surface area contributed by atoms with E-state index in [0.717, 1.165) is 9.13 Å². The van der Waals surface area contributed by atoms with E-state index < -0.39 is 6.43 Å². The van der Waals surface area contributed by atoms with E-state index in [0.29, 0.717) is 9.58 Å². The number of halogens is 5. The standard InChI is InChI=1S/C7H4ClF2I2N/c8-2-3-4(11)1-5(6(9)10)13-7(3)12/h1,6H,2H2. The van der Waals surface area contributed by atoms with Crippen LogP contribution in [0.15, 0.2) is 6.07 Å². The smallest absolute Gasteiger partial charge is 0.240 e. The number of aromatic nitrogens is 1. The van der Waals surface area contributed by atoms with Gasteiger partial charge in [0.25, 0.3) is 6.43 Å². The van der Waals surface area contributed by atoms with Crippen molar-refractivity contribution in [1.82, 2.24) is 4.98 Å². The average Bonchev–Trinajstić information content (AvgIpc) is 2.03. The molecule has 0 aliphatic heterocycles. The van der Waals surface area contributed by atoms with Crippen LogP contribution in [0.1, 0.15) is 17.7 Å². The van der Waals surface area contributed by atoms with Crippen molar-refractivity contribution in [2.45, 2.75) is 12.3 Å².